The lowest BCUT2D eigenvalue weighted by Crippen LogP contribution is -2.37. The molecule has 0 atom stereocenters. The van der Waals surface area contributed by atoms with Gasteiger partial charge in [-0.3, -0.25) is 9.59 Å². The van der Waals surface area contributed by atoms with E-state index in [1.165, 1.54) is 0 Å². The molecule has 0 aliphatic heterocycles. The van der Waals surface area contributed by atoms with Crippen LogP contribution >= 0.6 is 31.9 Å². The van der Waals surface area contributed by atoms with Crippen LogP contribution in [0, 0.1) is 5.41 Å². The molecule has 1 aliphatic carbocycles. The molecule has 0 aromatic heterocycles. The first kappa shape index (κ1) is 10.7. The van der Waals surface area contributed by atoms with Gasteiger partial charge in [-0.15, -0.1) is 0 Å². The molecule has 1 aliphatic rings. The van der Waals surface area contributed by atoms with Crippen LogP contribution in [-0.2, 0) is 9.59 Å². The quantitative estimate of drug-likeness (QED) is 0.764. The zero-order valence-electron chi connectivity index (χ0n) is 6.38. The van der Waals surface area contributed by atoms with Gasteiger partial charge in [-0.05, 0) is 0 Å². The minimum Gasteiger partial charge on any atom is -0.480 e. The highest BCUT2D eigenvalue weighted by molar-refractivity contribution is 9.14. The largest absolute Gasteiger partial charge is 0.480 e. The van der Waals surface area contributed by atoms with Crippen molar-refractivity contribution in [3.05, 3.63) is 8.96 Å². The Morgan fingerprint density at radius 2 is 1.38 bits per heavy atom. The number of allylic oxidation sites excluding steroid dienone is 2. The number of rotatable bonds is 2. The van der Waals surface area contributed by atoms with Crippen LogP contribution in [0.25, 0.3) is 0 Å². The number of hydrogen-bond donors (Lipinski definition) is 2. The molecule has 13 heavy (non-hydrogen) atoms. The van der Waals surface area contributed by atoms with Gasteiger partial charge in [0.1, 0.15) is 0 Å². The average Bonchev–Trinajstić information content (AvgIpc) is 2.29. The highest BCUT2D eigenvalue weighted by atomic mass is 79.9. The predicted octanol–water partition coefficient (Wildman–Crippen LogP) is 1.94. The molecular weight excluding hydrogens is 308 g/mol. The van der Waals surface area contributed by atoms with E-state index in [0.29, 0.717) is 8.96 Å². The fourth-order valence-electron chi connectivity index (χ4n) is 1.18. The lowest BCUT2D eigenvalue weighted by atomic mass is 9.86. The summed E-state index contributed by atoms with van der Waals surface area (Å²) in [6, 6.07) is 0. The molecule has 2 N–H and O–H groups in total. The lowest BCUT2D eigenvalue weighted by molar-refractivity contribution is -0.163. The van der Waals surface area contributed by atoms with E-state index < -0.39 is 17.4 Å². The summed E-state index contributed by atoms with van der Waals surface area (Å²) >= 11 is 6.24. The fraction of sp³-hybridized carbons (Fsp3) is 0.429. The van der Waals surface area contributed by atoms with E-state index in [1.54, 1.807) is 0 Å². The minimum atomic E-state index is -1.70. The van der Waals surface area contributed by atoms with E-state index in [1.807, 2.05) is 0 Å². The zero-order valence-corrected chi connectivity index (χ0v) is 9.55. The van der Waals surface area contributed by atoms with Gasteiger partial charge in [-0.25, -0.2) is 0 Å². The first-order chi connectivity index (χ1) is 5.90. The first-order valence-corrected chi connectivity index (χ1v) is 4.98. The van der Waals surface area contributed by atoms with Crippen molar-refractivity contribution in [1.82, 2.24) is 0 Å². The molecule has 72 valence electrons. The van der Waals surface area contributed by atoms with Gasteiger partial charge in [0.05, 0.1) is 0 Å². The van der Waals surface area contributed by atoms with Crippen LogP contribution in [0.5, 0.6) is 0 Å². The second-order valence-corrected chi connectivity index (χ2v) is 4.77. The summed E-state index contributed by atoms with van der Waals surface area (Å²) in [7, 11) is 0. The number of aliphatic carboxylic acids is 2. The second kappa shape index (κ2) is 3.42. The van der Waals surface area contributed by atoms with Crippen LogP contribution in [0.3, 0.4) is 0 Å². The monoisotopic (exact) mass is 312 g/mol. The van der Waals surface area contributed by atoms with Crippen molar-refractivity contribution in [3.8, 4) is 0 Å². The van der Waals surface area contributed by atoms with E-state index >= 15 is 0 Å². The summed E-state index contributed by atoms with van der Waals surface area (Å²) in [4.78, 5) is 21.6. The molecule has 0 bridgehead atoms. The molecule has 4 nitrogen and oxygen atoms in total. The Bertz CT molecular complexity index is 278. The highest BCUT2D eigenvalue weighted by Crippen LogP contribution is 2.47. The molecule has 0 aromatic rings. The molecular formula is C7H6Br2O4. The van der Waals surface area contributed by atoms with Crippen molar-refractivity contribution >= 4 is 43.8 Å². The Labute approximate surface area is 90.9 Å². The fourth-order valence-corrected chi connectivity index (χ4v) is 2.42. The normalized spacial score (nSPS) is 20.5. The molecule has 0 spiro atoms. The van der Waals surface area contributed by atoms with Crippen molar-refractivity contribution in [2.24, 2.45) is 5.41 Å². The number of carboxylic acid groups (broad SMARTS) is 2. The summed E-state index contributed by atoms with van der Waals surface area (Å²) in [5.41, 5.74) is -1.70. The van der Waals surface area contributed by atoms with E-state index in [0.717, 1.165) is 0 Å². The Morgan fingerprint density at radius 3 is 1.54 bits per heavy atom. The second-order valence-electron chi connectivity index (χ2n) is 2.86. The van der Waals surface area contributed by atoms with Gasteiger partial charge >= 0.3 is 11.9 Å². The van der Waals surface area contributed by atoms with E-state index in [4.69, 9.17) is 10.2 Å². The molecule has 0 amide bonds. The molecule has 0 aromatic carbocycles. The van der Waals surface area contributed by atoms with Crippen LogP contribution in [0.1, 0.15) is 12.8 Å². The van der Waals surface area contributed by atoms with Crippen LogP contribution < -0.4 is 0 Å². The summed E-state index contributed by atoms with van der Waals surface area (Å²) in [6.45, 7) is 0. The van der Waals surface area contributed by atoms with Crippen molar-refractivity contribution in [2.75, 3.05) is 0 Å². The van der Waals surface area contributed by atoms with Gasteiger partial charge in [0, 0.05) is 21.8 Å². The smallest absolute Gasteiger partial charge is 0.321 e. The first-order valence-electron chi connectivity index (χ1n) is 3.40. The maximum atomic E-state index is 10.8. The van der Waals surface area contributed by atoms with Gasteiger partial charge < -0.3 is 10.2 Å². The Morgan fingerprint density at radius 1 is 1.08 bits per heavy atom. The van der Waals surface area contributed by atoms with E-state index in [9.17, 15) is 9.59 Å². The van der Waals surface area contributed by atoms with Gasteiger partial charge in [-0.2, -0.15) is 0 Å². The third-order valence-electron chi connectivity index (χ3n) is 2.03. The predicted molar refractivity (Wildman–Crippen MR) is 51.8 cm³/mol. The maximum absolute atomic E-state index is 10.8. The lowest BCUT2D eigenvalue weighted by Gasteiger charge is -2.17. The van der Waals surface area contributed by atoms with Crippen molar-refractivity contribution in [2.45, 2.75) is 12.8 Å². The Hall–Kier alpha value is -0.360. The maximum Gasteiger partial charge on any atom is 0.321 e. The Kier molecular flexibility index (Phi) is 2.82. The summed E-state index contributed by atoms with van der Waals surface area (Å²) < 4.78 is 1.22. The van der Waals surface area contributed by atoms with Crippen molar-refractivity contribution in [1.29, 1.82) is 0 Å². The van der Waals surface area contributed by atoms with E-state index in [2.05, 4.69) is 31.9 Å². The third-order valence-corrected chi connectivity index (χ3v) is 4.08. The summed E-state index contributed by atoms with van der Waals surface area (Å²) in [5, 5.41) is 17.6. The minimum absolute atomic E-state index is 0.00174. The molecule has 0 heterocycles. The molecule has 0 fully saturated rings. The van der Waals surface area contributed by atoms with Crippen LogP contribution in [0.2, 0.25) is 0 Å². The third kappa shape index (κ3) is 1.65. The Balaban J connectivity index is 3.02. The van der Waals surface area contributed by atoms with Crippen LogP contribution in [0.4, 0.5) is 0 Å². The standard InChI is InChI=1S/C7H6Br2O4/c8-3-1-7(5(10)11,6(12)13)2-4(3)9/h1-2H2,(H,10,11)(H,12,13). The molecule has 0 saturated heterocycles. The highest BCUT2D eigenvalue weighted by Gasteiger charge is 2.51. The van der Waals surface area contributed by atoms with Gasteiger partial charge in [0.25, 0.3) is 0 Å². The summed E-state index contributed by atoms with van der Waals surface area (Å²) in [5.74, 6) is -2.60. The van der Waals surface area contributed by atoms with E-state index in [-0.39, 0.29) is 12.8 Å². The number of carboxylic acids is 2. The van der Waals surface area contributed by atoms with Gasteiger partial charge in [0.2, 0.25) is 0 Å². The van der Waals surface area contributed by atoms with Gasteiger partial charge in [-0.1, -0.05) is 31.9 Å². The molecule has 1 rings (SSSR count). The summed E-state index contributed by atoms with van der Waals surface area (Å²) in [6.07, 6.45) is -0.00347. The number of carbonyl (C=O) groups is 2. The van der Waals surface area contributed by atoms with Crippen LogP contribution in [-0.4, -0.2) is 22.2 Å². The zero-order chi connectivity index (χ0) is 10.2. The molecule has 0 unspecified atom stereocenters. The van der Waals surface area contributed by atoms with Crippen molar-refractivity contribution in [3.63, 3.8) is 0 Å². The number of halogens is 2. The molecule has 0 saturated carbocycles. The SMILES string of the molecule is O=C(O)C1(C(=O)O)CC(Br)=C(Br)C1. The van der Waals surface area contributed by atoms with Crippen LogP contribution in [0.15, 0.2) is 8.96 Å². The van der Waals surface area contributed by atoms with Gasteiger partial charge in [0.15, 0.2) is 5.41 Å². The molecule has 6 heteroatoms. The topological polar surface area (TPSA) is 74.6 Å². The van der Waals surface area contributed by atoms with Crippen molar-refractivity contribution < 1.29 is 19.8 Å². The molecule has 0 radical (unpaired) electrons. The average molecular weight is 314 g/mol. The number of hydrogen-bond acceptors (Lipinski definition) is 2.